The quantitative estimate of drug-likeness (QED) is 0.678. The highest BCUT2D eigenvalue weighted by Gasteiger charge is 2.14. The fourth-order valence-electron chi connectivity index (χ4n) is 1.66. The van der Waals surface area contributed by atoms with Crippen LogP contribution in [0.15, 0.2) is 37.0 Å². The van der Waals surface area contributed by atoms with Gasteiger partial charge in [0, 0.05) is 0 Å². The van der Waals surface area contributed by atoms with Gasteiger partial charge in [-0.05, 0) is 37.4 Å². The van der Waals surface area contributed by atoms with Crippen LogP contribution in [0.3, 0.4) is 0 Å². The Bertz CT molecular complexity index is 185. The van der Waals surface area contributed by atoms with Crippen molar-refractivity contribution in [3.63, 3.8) is 0 Å². The average Bonchev–Trinajstić information content (AvgIpc) is 2.30. The Morgan fingerprint density at radius 2 is 1.79 bits per heavy atom. The van der Waals surface area contributed by atoms with Gasteiger partial charge < -0.3 is 5.32 Å². The van der Waals surface area contributed by atoms with Crippen LogP contribution in [0, 0.1) is 5.92 Å². The van der Waals surface area contributed by atoms with Gasteiger partial charge in [-0.3, -0.25) is 0 Å². The molecule has 0 spiro atoms. The minimum absolute atomic E-state index is 0.696. The molecule has 0 saturated carbocycles. The van der Waals surface area contributed by atoms with Gasteiger partial charge in [0.1, 0.15) is 0 Å². The van der Waals surface area contributed by atoms with Crippen molar-refractivity contribution in [1.82, 2.24) is 5.32 Å². The van der Waals surface area contributed by atoms with Gasteiger partial charge in [0.05, 0.1) is 0 Å². The van der Waals surface area contributed by atoms with E-state index in [2.05, 4.69) is 24.6 Å². The summed E-state index contributed by atoms with van der Waals surface area (Å²) >= 11 is 0. The molecule has 0 atom stereocenters. The highest BCUT2D eigenvalue weighted by Crippen LogP contribution is 2.21. The lowest BCUT2D eigenvalue weighted by atomic mass is 9.90. The maximum absolute atomic E-state index is 3.82. The van der Waals surface area contributed by atoms with Crippen LogP contribution in [0.2, 0.25) is 0 Å². The van der Waals surface area contributed by atoms with Crippen molar-refractivity contribution in [3.8, 4) is 0 Å². The molecule has 1 aliphatic rings. The average molecular weight is 193 g/mol. The maximum atomic E-state index is 3.82. The zero-order chi connectivity index (χ0) is 10.8. The van der Waals surface area contributed by atoms with Gasteiger partial charge in [0.15, 0.2) is 0 Å². The van der Waals surface area contributed by atoms with Crippen LogP contribution in [-0.2, 0) is 0 Å². The molecule has 0 radical (unpaired) electrons. The molecule has 0 unspecified atom stereocenters. The van der Waals surface area contributed by atoms with Gasteiger partial charge in [0.2, 0.25) is 0 Å². The summed E-state index contributed by atoms with van der Waals surface area (Å²) in [5.74, 6) is 0.696. The molecule has 1 N–H and O–H groups in total. The van der Waals surface area contributed by atoms with E-state index in [1.54, 1.807) is 0 Å². The molecule has 0 bridgehead atoms. The van der Waals surface area contributed by atoms with E-state index in [9.17, 15) is 0 Å². The van der Waals surface area contributed by atoms with Crippen molar-refractivity contribution in [2.45, 2.75) is 26.7 Å². The lowest BCUT2D eigenvalue weighted by molar-refractivity contribution is 0.425. The van der Waals surface area contributed by atoms with Gasteiger partial charge in [0.25, 0.3) is 0 Å². The highest BCUT2D eigenvalue weighted by atomic mass is 14.9. The van der Waals surface area contributed by atoms with Gasteiger partial charge >= 0.3 is 0 Å². The third-order valence-corrected chi connectivity index (χ3v) is 2.36. The molecule has 80 valence electrons. The third-order valence-electron chi connectivity index (χ3n) is 2.36. The van der Waals surface area contributed by atoms with Crippen LogP contribution in [-0.4, -0.2) is 13.1 Å². The van der Waals surface area contributed by atoms with Gasteiger partial charge in [-0.1, -0.05) is 45.2 Å². The zero-order valence-electron chi connectivity index (χ0n) is 9.55. The summed E-state index contributed by atoms with van der Waals surface area (Å²) in [6.07, 6.45) is 8.33. The Balaban J connectivity index is 0.000000791. The van der Waals surface area contributed by atoms with E-state index in [0.717, 1.165) is 13.1 Å². The van der Waals surface area contributed by atoms with Crippen molar-refractivity contribution in [1.29, 1.82) is 0 Å². The minimum Gasteiger partial charge on any atom is -0.317 e. The molecule has 1 nitrogen and oxygen atoms in total. The summed E-state index contributed by atoms with van der Waals surface area (Å²) in [5, 5.41) is 3.35. The molecule has 0 aromatic rings. The first-order valence-electron chi connectivity index (χ1n) is 5.54. The van der Waals surface area contributed by atoms with E-state index < -0.39 is 0 Å². The number of hydrogen-bond acceptors (Lipinski definition) is 1. The van der Waals surface area contributed by atoms with E-state index in [1.165, 1.54) is 18.4 Å². The largest absolute Gasteiger partial charge is 0.317 e. The monoisotopic (exact) mass is 193 g/mol. The van der Waals surface area contributed by atoms with Gasteiger partial charge in [-0.15, -0.1) is 0 Å². The van der Waals surface area contributed by atoms with Crippen LogP contribution < -0.4 is 5.32 Å². The van der Waals surface area contributed by atoms with Crippen LogP contribution >= 0.6 is 0 Å². The Morgan fingerprint density at radius 1 is 1.21 bits per heavy atom. The summed E-state index contributed by atoms with van der Waals surface area (Å²) in [4.78, 5) is 0. The van der Waals surface area contributed by atoms with Crippen LogP contribution in [0.5, 0.6) is 0 Å². The van der Waals surface area contributed by atoms with Gasteiger partial charge in [-0.25, -0.2) is 0 Å². The Kier molecular flexibility index (Phi) is 8.25. The molecule has 1 aliphatic heterocycles. The van der Waals surface area contributed by atoms with Crippen LogP contribution in [0.25, 0.3) is 0 Å². The number of hydrogen-bond donors (Lipinski definition) is 1. The molecule has 0 aliphatic carbocycles. The van der Waals surface area contributed by atoms with E-state index in [-0.39, 0.29) is 0 Å². The predicted molar refractivity (Wildman–Crippen MR) is 65.4 cm³/mol. The predicted octanol–water partition coefficient (Wildman–Crippen LogP) is 3.31. The summed E-state index contributed by atoms with van der Waals surface area (Å²) in [7, 11) is 0. The third kappa shape index (κ3) is 4.43. The van der Waals surface area contributed by atoms with Crippen molar-refractivity contribution < 1.29 is 0 Å². The summed E-state index contributed by atoms with van der Waals surface area (Å²) in [5.41, 5.74) is 1.34. The molecule has 14 heavy (non-hydrogen) atoms. The number of piperidine rings is 1. The molecule has 1 rings (SSSR count). The maximum Gasteiger partial charge on any atom is -0.00431 e. The first kappa shape index (κ1) is 13.2. The van der Waals surface area contributed by atoms with Crippen molar-refractivity contribution >= 4 is 0 Å². The molecule has 0 aromatic heterocycles. The molecule has 1 fully saturated rings. The zero-order valence-corrected chi connectivity index (χ0v) is 9.55. The lowest BCUT2D eigenvalue weighted by Gasteiger charge is -2.23. The first-order chi connectivity index (χ1) is 6.88. The van der Waals surface area contributed by atoms with Gasteiger partial charge in [-0.2, -0.15) is 0 Å². The number of nitrogens with one attached hydrogen (secondary N) is 1. The highest BCUT2D eigenvalue weighted by molar-refractivity contribution is 5.24. The van der Waals surface area contributed by atoms with Crippen molar-refractivity contribution in [2.75, 3.05) is 13.1 Å². The molecule has 1 saturated heterocycles. The molecular formula is C13H23N. The van der Waals surface area contributed by atoms with Crippen LogP contribution in [0.1, 0.15) is 26.7 Å². The Morgan fingerprint density at radius 3 is 2.21 bits per heavy atom. The second-order valence-corrected chi connectivity index (χ2v) is 3.13. The molecular weight excluding hydrogens is 170 g/mol. The van der Waals surface area contributed by atoms with E-state index in [0.29, 0.717) is 5.92 Å². The van der Waals surface area contributed by atoms with E-state index >= 15 is 0 Å². The number of allylic oxidation sites excluding steroid dienone is 4. The smallest absolute Gasteiger partial charge is 0.00431 e. The number of rotatable bonds is 3. The summed E-state index contributed by atoms with van der Waals surface area (Å²) in [6, 6.07) is 0. The van der Waals surface area contributed by atoms with Crippen molar-refractivity contribution in [3.05, 3.63) is 37.0 Å². The normalized spacial score (nSPS) is 18.0. The lowest BCUT2D eigenvalue weighted by Crippen LogP contribution is -2.28. The standard InChI is InChI=1S/C11H17N.C2H6/c1-3-5-10(4-2)11-6-8-12-9-7-11;1-2/h3-5,11-12H,1-2,6-9H2;1-2H3/b10-5+;. The summed E-state index contributed by atoms with van der Waals surface area (Å²) < 4.78 is 0. The fraction of sp³-hybridized carbons (Fsp3) is 0.538. The Hall–Kier alpha value is -0.820. The molecule has 1 heteroatoms. The second kappa shape index (κ2) is 8.76. The van der Waals surface area contributed by atoms with E-state index in [4.69, 9.17) is 0 Å². The van der Waals surface area contributed by atoms with Crippen molar-refractivity contribution in [2.24, 2.45) is 5.92 Å². The topological polar surface area (TPSA) is 12.0 Å². The van der Waals surface area contributed by atoms with E-state index in [1.807, 2.05) is 26.0 Å². The molecule has 1 heterocycles. The second-order valence-electron chi connectivity index (χ2n) is 3.13. The van der Waals surface area contributed by atoms with Crippen LogP contribution in [0.4, 0.5) is 0 Å². The minimum atomic E-state index is 0.696. The first-order valence-corrected chi connectivity index (χ1v) is 5.54. The molecule has 0 amide bonds. The Labute approximate surface area is 88.6 Å². The SMILES string of the molecule is C=C/C=C(\C=C)C1CCNCC1.CC. The molecule has 0 aromatic carbocycles. The summed E-state index contributed by atoms with van der Waals surface area (Å²) in [6.45, 7) is 13.8. The fourth-order valence-corrected chi connectivity index (χ4v) is 1.66.